The van der Waals surface area contributed by atoms with Crippen LogP contribution in [-0.4, -0.2) is 92.4 Å². The lowest BCUT2D eigenvalue weighted by atomic mass is 10.0. The molecule has 0 radical (unpaired) electrons. The summed E-state index contributed by atoms with van der Waals surface area (Å²) >= 11 is 0. The Morgan fingerprint density at radius 2 is 0.597 bits per heavy atom. The molecule has 18 nitrogen and oxygen atoms in total. The van der Waals surface area contributed by atoms with E-state index in [1.54, 1.807) is 87.5 Å². The smallest absolute Gasteiger partial charge is 0.468 e. The molecule has 0 bridgehead atoms. The fourth-order valence-electron chi connectivity index (χ4n) is 7.83. The Morgan fingerprint density at radius 3 is 0.819 bits per heavy atom. The van der Waals surface area contributed by atoms with Gasteiger partial charge in [0, 0.05) is 0 Å². The van der Waals surface area contributed by atoms with Gasteiger partial charge in [-0.1, -0.05) is 127 Å². The second-order valence-electron chi connectivity index (χ2n) is 16.1. The summed E-state index contributed by atoms with van der Waals surface area (Å²) in [5.41, 5.74) is 3.51. The summed E-state index contributed by atoms with van der Waals surface area (Å²) in [6.07, 6.45) is -2.82. The molecule has 72 heavy (non-hydrogen) atoms. The van der Waals surface area contributed by atoms with Crippen LogP contribution in [-0.2, 0) is 62.6 Å². The van der Waals surface area contributed by atoms with Gasteiger partial charge in [0.25, 0.3) is 0 Å². The highest BCUT2D eigenvalue weighted by molar-refractivity contribution is 5.80. The zero-order valence-electron chi connectivity index (χ0n) is 39.5. The van der Waals surface area contributed by atoms with Crippen LogP contribution in [0, 0.1) is 0 Å². The van der Waals surface area contributed by atoms with E-state index in [2.05, 4.69) is 0 Å². The summed E-state index contributed by atoms with van der Waals surface area (Å²) in [5, 5.41) is 0. The first-order chi connectivity index (χ1) is 35.0. The Morgan fingerprint density at radius 1 is 0.361 bits per heavy atom. The Hall–Kier alpha value is -8.58. The molecule has 7 rings (SSSR count). The molecule has 1 saturated heterocycles. The number of hydrogen-bond donors (Lipinski definition) is 0. The molecule has 3 atom stereocenters. The molecule has 6 aromatic carbocycles. The average molecular weight is 982 g/mol. The van der Waals surface area contributed by atoms with Gasteiger partial charge in [-0.15, -0.1) is 0 Å². The Bertz CT molecular complexity index is 2440. The van der Waals surface area contributed by atoms with Gasteiger partial charge in [-0.3, -0.25) is 14.7 Å². The molecule has 6 aromatic rings. The summed E-state index contributed by atoms with van der Waals surface area (Å²) in [7, 11) is 3.68. The zero-order chi connectivity index (χ0) is 50.8. The summed E-state index contributed by atoms with van der Waals surface area (Å²) in [4.78, 5) is 84.8. The van der Waals surface area contributed by atoms with Crippen molar-refractivity contribution in [1.82, 2.24) is 14.7 Å². The van der Waals surface area contributed by atoms with Crippen LogP contribution < -0.4 is 14.2 Å². The maximum Gasteiger partial charge on any atom is 0.514 e. The van der Waals surface area contributed by atoms with E-state index in [-0.39, 0.29) is 57.1 Å². The van der Waals surface area contributed by atoms with Gasteiger partial charge in [-0.25, -0.2) is 28.8 Å². The minimum atomic E-state index is -1.17. The van der Waals surface area contributed by atoms with Crippen molar-refractivity contribution in [3.05, 3.63) is 197 Å². The summed E-state index contributed by atoms with van der Waals surface area (Å²) in [6, 6.07) is 42.1. The van der Waals surface area contributed by atoms with Gasteiger partial charge < -0.3 is 42.6 Å². The van der Waals surface area contributed by atoms with Crippen LogP contribution in [0.2, 0.25) is 0 Å². The Labute approximate surface area is 415 Å². The van der Waals surface area contributed by atoms with Gasteiger partial charge in [0.2, 0.25) is 0 Å². The molecular formula is C54H51N3O15. The normalized spacial score (nSPS) is 14.0. The molecule has 1 aliphatic heterocycles. The van der Waals surface area contributed by atoms with Crippen LogP contribution in [0.3, 0.4) is 0 Å². The number of methoxy groups -OCH3 is 3. The third-order valence-corrected chi connectivity index (χ3v) is 11.2. The van der Waals surface area contributed by atoms with Crippen LogP contribution >= 0.6 is 0 Å². The van der Waals surface area contributed by atoms with E-state index < -0.39 is 54.5 Å². The third-order valence-electron chi connectivity index (χ3n) is 11.2. The predicted molar refractivity (Wildman–Crippen MR) is 255 cm³/mol. The molecule has 18 heteroatoms. The summed E-state index contributed by atoms with van der Waals surface area (Å²) < 4.78 is 48.1. The van der Waals surface area contributed by atoms with Gasteiger partial charge >= 0.3 is 36.4 Å². The van der Waals surface area contributed by atoms with Crippen LogP contribution in [0.25, 0.3) is 0 Å². The molecule has 0 amide bonds. The number of carbonyl (C=O) groups is 6. The average Bonchev–Trinajstić information content (AvgIpc) is 3.41. The topological polar surface area (TPSA) is 195 Å². The summed E-state index contributed by atoms with van der Waals surface area (Å²) in [5.74, 6) is -1.69. The van der Waals surface area contributed by atoms with E-state index in [4.69, 9.17) is 42.6 Å². The largest absolute Gasteiger partial charge is 0.514 e. The molecule has 0 saturated carbocycles. The van der Waals surface area contributed by atoms with E-state index in [0.717, 1.165) is 16.7 Å². The lowest BCUT2D eigenvalue weighted by Crippen LogP contribution is -2.60. The molecule has 1 aliphatic rings. The van der Waals surface area contributed by atoms with Gasteiger partial charge in [0.15, 0.2) is 0 Å². The van der Waals surface area contributed by atoms with E-state index in [0.29, 0.717) is 16.7 Å². The van der Waals surface area contributed by atoms with Crippen LogP contribution in [0.4, 0.5) is 14.4 Å². The van der Waals surface area contributed by atoms with Crippen molar-refractivity contribution in [2.75, 3.05) is 41.3 Å². The highest BCUT2D eigenvalue weighted by Crippen LogP contribution is 2.36. The molecule has 3 unspecified atom stereocenters. The van der Waals surface area contributed by atoms with Crippen LogP contribution in [0.5, 0.6) is 17.2 Å². The van der Waals surface area contributed by atoms with Crippen LogP contribution in [0.1, 0.15) is 51.5 Å². The Balaban J connectivity index is 1.17. The fourth-order valence-corrected chi connectivity index (χ4v) is 7.83. The number of ether oxygens (including phenoxy) is 9. The number of hydrogen-bond acceptors (Lipinski definition) is 18. The number of esters is 3. The zero-order valence-corrected chi connectivity index (χ0v) is 39.5. The maximum atomic E-state index is 14.0. The van der Waals surface area contributed by atoms with Crippen molar-refractivity contribution in [3.63, 3.8) is 0 Å². The lowest BCUT2D eigenvalue weighted by molar-refractivity contribution is -0.167. The number of carbonyl (C=O) groups excluding carboxylic acids is 6. The van der Waals surface area contributed by atoms with Crippen molar-refractivity contribution >= 4 is 36.4 Å². The SMILES string of the molecule is COC(=O)C(c1ccc(OC(=O)OCc2ccccc2)cc1)N1CN(C(C(=O)OC)c2ccc(OC(=O)OCc3ccccc3)cc2)CN(C(C(=O)OC)c2ccc(OC(=O)OCc3ccccc3)cc2)C1. The molecule has 0 N–H and O–H groups in total. The maximum absolute atomic E-state index is 14.0. The standard InChI is InChI=1S/C54H51N3O15/c1-64-49(58)46(40-19-25-43(26-20-40)70-52(61)67-31-37-13-7-4-8-14-37)55-34-56(47(50(59)65-2)41-21-27-44(28-22-41)71-53(62)68-32-38-15-9-5-10-16-38)36-57(35-55)48(51(60)66-3)42-23-29-45(30-24-42)72-54(63)69-33-39-17-11-6-12-18-39/h4-30,46-48H,31-36H2,1-3H3. The molecule has 0 spiro atoms. The second-order valence-corrected chi connectivity index (χ2v) is 16.1. The highest BCUT2D eigenvalue weighted by atomic mass is 16.7. The van der Waals surface area contributed by atoms with E-state index in [9.17, 15) is 28.8 Å². The van der Waals surface area contributed by atoms with Gasteiger partial charge in [0.05, 0.1) is 41.3 Å². The minimum absolute atomic E-state index is 0.00718. The van der Waals surface area contributed by atoms with Gasteiger partial charge in [-0.2, -0.15) is 0 Å². The van der Waals surface area contributed by atoms with Crippen molar-refractivity contribution in [1.29, 1.82) is 0 Å². The number of benzene rings is 6. The highest BCUT2D eigenvalue weighted by Gasteiger charge is 2.43. The van der Waals surface area contributed by atoms with Gasteiger partial charge in [-0.05, 0) is 69.8 Å². The van der Waals surface area contributed by atoms with E-state index in [1.807, 2.05) is 54.6 Å². The first-order valence-corrected chi connectivity index (χ1v) is 22.4. The number of nitrogens with zero attached hydrogens (tertiary/aromatic N) is 3. The van der Waals surface area contributed by atoms with Gasteiger partial charge in [0.1, 0.15) is 55.2 Å². The van der Waals surface area contributed by atoms with E-state index >= 15 is 0 Å². The van der Waals surface area contributed by atoms with Crippen LogP contribution in [0.15, 0.2) is 164 Å². The predicted octanol–water partition coefficient (Wildman–Crippen LogP) is 8.67. The number of rotatable bonds is 18. The molecule has 1 heterocycles. The van der Waals surface area contributed by atoms with Crippen molar-refractivity contribution in [3.8, 4) is 17.2 Å². The van der Waals surface area contributed by atoms with Crippen molar-refractivity contribution in [2.45, 2.75) is 37.9 Å². The lowest BCUT2D eigenvalue weighted by Gasteiger charge is -2.48. The van der Waals surface area contributed by atoms with E-state index in [1.165, 1.54) is 57.7 Å². The van der Waals surface area contributed by atoms with Crippen molar-refractivity contribution < 1.29 is 71.4 Å². The fraction of sp³-hybridized carbons (Fsp3) is 0.222. The Kier molecular flexibility index (Phi) is 18.0. The molecule has 0 aliphatic carbocycles. The molecule has 0 aromatic heterocycles. The quantitative estimate of drug-likeness (QED) is 0.0450. The first-order valence-electron chi connectivity index (χ1n) is 22.4. The van der Waals surface area contributed by atoms with Crippen molar-refractivity contribution in [2.24, 2.45) is 0 Å². The minimum Gasteiger partial charge on any atom is -0.468 e. The monoisotopic (exact) mass is 981 g/mol. The third kappa shape index (κ3) is 14.0. The summed E-state index contributed by atoms with van der Waals surface area (Å²) in [6.45, 7) is -0.284. The first kappa shape index (κ1) is 51.3. The molecule has 372 valence electrons. The molecule has 1 fully saturated rings. The molecular weight excluding hydrogens is 931 g/mol. The second kappa shape index (κ2) is 25.3.